The first-order valence-electron chi connectivity index (χ1n) is 13.8. The highest BCUT2D eigenvalue weighted by atomic mass is 16.4. The van der Waals surface area contributed by atoms with E-state index >= 15 is 0 Å². The van der Waals surface area contributed by atoms with Crippen LogP contribution in [0.1, 0.15) is 51.6 Å². The van der Waals surface area contributed by atoms with Crippen LogP contribution in [0.5, 0.6) is 0 Å². The van der Waals surface area contributed by atoms with Crippen LogP contribution in [0, 0.1) is 6.92 Å². The Morgan fingerprint density at radius 3 is 2.40 bits per heavy atom. The molecule has 0 saturated carbocycles. The van der Waals surface area contributed by atoms with E-state index in [0.717, 1.165) is 38.2 Å². The number of carbonyl (C=O) groups is 5. The summed E-state index contributed by atoms with van der Waals surface area (Å²) in [6.45, 7) is 1.96. The third-order valence-electron chi connectivity index (χ3n) is 8.08. The first-order valence-corrected chi connectivity index (χ1v) is 13.8. The van der Waals surface area contributed by atoms with E-state index in [0.29, 0.717) is 0 Å². The fourth-order valence-electron chi connectivity index (χ4n) is 6.01. The summed E-state index contributed by atoms with van der Waals surface area (Å²) in [6, 6.07) is 18.0. The molecule has 3 heterocycles. The summed E-state index contributed by atoms with van der Waals surface area (Å²) in [5, 5.41) is 21.8. The van der Waals surface area contributed by atoms with Crippen LogP contribution >= 0.6 is 0 Å². The zero-order valence-corrected chi connectivity index (χ0v) is 23.1. The number of fused-ring (bicyclic) bond motifs is 4. The third kappa shape index (κ3) is 4.78. The van der Waals surface area contributed by atoms with Gasteiger partial charge in [-0.25, -0.2) is 14.5 Å². The molecule has 11 nitrogen and oxygen atoms in total. The molecule has 0 aliphatic carbocycles. The Bertz CT molecular complexity index is 1800. The molecule has 3 atom stereocenters. The van der Waals surface area contributed by atoms with E-state index in [1.54, 1.807) is 11.0 Å². The molecule has 0 radical (unpaired) electrons. The molecule has 11 heteroatoms. The van der Waals surface area contributed by atoms with Gasteiger partial charge in [-0.1, -0.05) is 60.2 Å². The molecule has 1 aromatic heterocycles. The van der Waals surface area contributed by atoms with Gasteiger partial charge in [-0.3, -0.25) is 19.3 Å². The van der Waals surface area contributed by atoms with Gasteiger partial charge in [0.25, 0.3) is 11.8 Å². The second-order valence-electron chi connectivity index (χ2n) is 10.8. The molecule has 2 aliphatic heterocycles. The lowest BCUT2D eigenvalue weighted by molar-refractivity contribution is -0.140. The molecule has 0 bridgehead atoms. The van der Waals surface area contributed by atoms with Gasteiger partial charge in [0.1, 0.15) is 18.1 Å². The van der Waals surface area contributed by atoms with Crippen LogP contribution in [0.4, 0.5) is 10.5 Å². The molecule has 4 N–H and O–H groups in total. The lowest BCUT2D eigenvalue weighted by atomic mass is 9.88. The molecular weight excluding hydrogens is 552 g/mol. The average Bonchev–Trinajstić information content (AvgIpc) is 3.48. The number of nitrogens with zero attached hydrogens (tertiary/aromatic N) is 2. The zero-order valence-electron chi connectivity index (χ0n) is 23.1. The minimum atomic E-state index is -1.47. The van der Waals surface area contributed by atoms with Crippen molar-refractivity contribution in [1.82, 2.24) is 15.2 Å². The molecule has 4 aromatic rings. The number of para-hydroxylation sites is 2. The lowest BCUT2D eigenvalue weighted by Gasteiger charge is -2.36. The second-order valence-corrected chi connectivity index (χ2v) is 10.8. The van der Waals surface area contributed by atoms with Gasteiger partial charge in [0.2, 0.25) is 0 Å². The van der Waals surface area contributed by atoms with Crippen molar-refractivity contribution in [1.29, 1.82) is 0 Å². The minimum Gasteiger partial charge on any atom is -0.481 e. The number of hydrogen-bond acceptors (Lipinski definition) is 5. The molecule has 1 unspecified atom stereocenters. The van der Waals surface area contributed by atoms with Gasteiger partial charge in [-0.05, 0) is 42.7 Å². The van der Waals surface area contributed by atoms with Crippen molar-refractivity contribution in [2.24, 2.45) is 0 Å². The minimum absolute atomic E-state index is 0.0166. The highest BCUT2D eigenvalue weighted by Gasteiger charge is 2.53. The summed E-state index contributed by atoms with van der Waals surface area (Å²) >= 11 is 0. The fourth-order valence-corrected chi connectivity index (χ4v) is 6.01. The number of aromatic amines is 1. The lowest BCUT2D eigenvalue weighted by Crippen LogP contribution is -2.44. The van der Waals surface area contributed by atoms with Crippen LogP contribution in [0.2, 0.25) is 0 Å². The largest absolute Gasteiger partial charge is 0.481 e. The van der Waals surface area contributed by atoms with Crippen molar-refractivity contribution < 1.29 is 34.2 Å². The Morgan fingerprint density at radius 2 is 1.67 bits per heavy atom. The van der Waals surface area contributed by atoms with Crippen molar-refractivity contribution >= 4 is 46.4 Å². The molecule has 4 amide bonds. The predicted molar refractivity (Wildman–Crippen MR) is 156 cm³/mol. The highest BCUT2D eigenvalue weighted by Crippen LogP contribution is 2.45. The van der Waals surface area contributed by atoms with E-state index in [-0.39, 0.29) is 24.1 Å². The maximum Gasteiger partial charge on any atom is 0.332 e. The molecule has 3 aromatic carbocycles. The quantitative estimate of drug-likeness (QED) is 0.229. The van der Waals surface area contributed by atoms with Gasteiger partial charge in [-0.2, -0.15) is 0 Å². The maximum absolute atomic E-state index is 14.2. The number of aliphatic carboxylic acids is 2. The normalized spacial score (nSPS) is 18.3. The molecular formula is C32H28N4O7. The highest BCUT2D eigenvalue weighted by molar-refractivity contribution is 6.24. The number of urea groups is 1. The first kappa shape index (κ1) is 27.7. The Balaban J connectivity index is 1.40. The third-order valence-corrected chi connectivity index (χ3v) is 8.08. The van der Waals surface area contributed by atoms with E-state index in [4.69, 9.17) is 5.11 Å². The van der Waals surface area contributed by atoms with Crippen molar-refractivity contribution in [3.05, 3.63) is 101 Å². The van der Waals surface area contributed by atoms with Crippen molar-refractivity contribution in [3.8, 4) is 0 Å². The Labute approximate surface area is 245 Å². The number of anilines is 1. The van der Waals surface area contributed by atoms with Gasteiger partial charge in [0.15, 0.2) is 0 Å². The number of rotatable bonds is 8. The van der Waals surface area contributed by atoms with Gasteiger partial charge in [0, 0.05) is 29.4 Å². The van der Waals surface area contributed by atoms with Gasteiger partial charge < -0.3 is 20.5 Å². The molecule has 1 fully saturated rings. The van der Waals surface area contributed by atoms with E-state index in [9.17, 15) is 29.1 Å². The summed E-state index contributed by atoms with van der Waals surface area (Å²) in [5.41, 5.74) is 4.46. The van der Waals surface area contributed by atoms with E-state index in [1.165, 1.54) is 18.2 Å². The number of aryl methyl sites for hydroxylation is 1. The second kappa shape index (κ2) is 10.8. The fraction of sp³-hybridized carbons (Fsp3) is 0.219. The Morgan fingerprint density at radius 1 is 0.977 bits per heavy atom. The van der Waals surface area contributed by atoms with Gasteiger partial charge in [0.05, 0.1) is 11.3 Å². The SMILES string of the molecule is Cc1ccc(C2c3[nH]c4ccccc4c3C[C@H]3C(=O)N(c4ccccc4C(=O)N[C@H](CCC(=O)O)C(=O)O)C(=O)N23)cc1. The molecule has 1 saturated heterocycles. The Hall–Kier alpha value is -5.45. The topological polar surface area (TPSA) is 160 Å². The standard InChI is InChI=1S/C32H28N4O7/c1-17-10-12-18(13-11-17)28-27-21(19-6-2-4-8-22(19)33-27)16-25-30(40)36(32(43)35(25)28)24-9-5-3-7-20(24)29(39)34-23(31(41)42)14-15-26(37)38/h2-13,23,25,28,33H,14-16H2,1H3,(H,34,39)(H,37,38)(H,41,42)/t23-,25+,28?/m1/s1. The number of carboxylic acid groups (broad SMARTS) is 2. The van der Waals surface area contributed by atoms with Gasteiger partial charge >= 0.3 is 18.0 Å². The van der Waals surface area contributed by atoms with E-state index < -0.39 is 54.3 Å². The van der Waals surface area contributed by atoms with E-state index in [1.807, 2.05) is 55.5 Å². The zero-order chi connectivity index (χ0) is 30.4. The number of aromatic nitrogens is 1. The molecule has 6 rings (SSSR count). The number of benzene rings is 3. The Kier molecular flexibility index (Phi) is 6.93. The van der Waals surface area contributed by atoms with Crippen LogP contribution < -0.4 is 10.2 Å². The maximum atomic E-state index is 14.2. The van der Waals surface area contributed by atoms with Crippen LogP contribution in [0.3, 0.4) is 0 Å². The summed E-state index contributed by atoms with van der Waals surface area (Å²) < 4.78 is 0. The van der Waals surface area contributed by atoms with Crippen molar-refractivity contribution in [2.45, 2.75) is 44.3 Å². The number of carbonyl (C=O) groups excluding carboxylic acids is 3. The summed E-state index contributed by atoms with van der Waals surface area (Å²) in [6.07, 6.45) is -0.527. The monoisotopic (exact) mass is 580 g/mol. The number of hydrogen-bond donors (Lipinski definition) is 4. The first-order chi connectivity index (χ1) is 20.7. The number of amides is 4. The molecule has 43 heavy (non-hydrogen) atoms. The summed E-state index contributed by atoms with van der Waals surface area (Å²) in [5.74, 6) is -3.94. The smallest absolute Gasteiger partial charge is 0.332 e. The summed E-state index contributed by atoms with van der Waals surface area (Å²) in [4.78, 5) is 70.4. The molecule has 0 spiro atoms. The molecule has 218 valence electrons. The van der Waals surface area contributed by atoms with Crippen LogP contribution in [-0.2, 0) is 20.8 Å². The van der Waals surface area contributed by atoms with Crippen LogP contribution in [0.15, 0.2) is 72.8 Å². The number of H-pyrrole nitrogens is 1. The van der Waals surface area contributed by atoms with Crippen molar-refractivity contribution in [2.75, 3.05) is 4.90 Å². The number of imide groups is 1. The molecule has 2 aliphatic rings. The van der Waals surface area contributed by atoms with Crippen LogP contribution in [0.25, 0.3) is 10.9 Å². The van der Waals surface area contributed by atoms with Gasteiger partial charge in [-0.15, -0.1) is 0 Å². The number of carboxylic acids is 2. The van der Waals surface area contributed by atoms with Crippen LogP contribution in [-0.4, -0.2) is 62.0 Å². The summed E-state index contributed by atoms with van der Waals surface area (Å²) in [7, 11) is 0. The average molecular weight is 581 g/mol. The van der Waals surface area contributed by atoms with E-state index in [2.05, 4.69) is 10.3 Å². The predicted octanol–water partition coefficient (Wildman–Crippen LogP) is 4.01. The number of nitrogens with one attached hydrogen (secondary N) is 2. The van der Waals surface area contributed by atoms with Crippen molar-refractivity contribution in [3.63, 3.8) is 0 Å².